The first-order valence-electron chi connectivity index (χ1n) is 9.65. The fourth-order valence-electron chi connectivity index (χ4n) is 4.15. The highest BCUT2D eigenvalue weighted by Crippen LogP contribution is 2.28. The molecule has 0 bridgehead atoms. The topological polar surface area (TPSA) is 52.7 Å². The summed E-state index contributed by atoms with van der Waals surface area (Å²) in [6.45, 7) is 6.17. The van der Waals surface area contributed by atoms with Gasteiger partial charge in [-0.15, -0.1) is 0 Å². The highest BCUT2D eigenvalue weighted by molar-refractivity contribution is 6.31. The minimum Gasteiger partial charge on any atom is -0.355 e. The Kier molecular flexibility index (Phi) is 6.37. The van der Waals surface area contributed by atoms with E-state index in [9.17, 15) is 14.0 Å². The first kappa shape index (κ1) is 20.1. The van der Waals surface area contributed by atoms with Gasteiger partial charge in [0.05, 0.1) is 10.9 Å². The van der Waals surface area contributed by atoms with Gasteiger partial charge in [-0.25, -0.2) is 4.39 Å². The number of piperidine rings is 1. The number of nitrogens with one attached hydrogen (secondary N) is 1. The van der Waals surface area contributed by atoms with Crippen molar-refractivity contribution >= 4 is 29.1 Å². The van der Waals surface area contributed by atoms with Crippen molar-refractivity contribution in [2.45, 2.75) is 51.6 Å². The molecule has 27 heavy (non-hydrogen) atoms. The predicted molar refractivity (Wildman–Crippen MR) is 104 cm³/mol. The molecule has 1 aromatic rings. The summed E-state index contributed by atoms with van der Waals surface area (Å²) >= 11 is 5.81. The molecule has 2 fully saturated rings. The van der Waals surface area contributed by atoms with Crippen LogP contribution in [-0.2, 0) is 9.59 Å². The Morgan fingerprint density at radius 1 is 1.30 bits per heavy atom. The van der Waals surface area contributed by atoms with Crippen molar-refractivity contribution in [3.63, 3.8) is 0 Å². The molecule has 0 aliphatic carbocycles. The quantitative estimate of drug-likeness (QED) is 0.832. The van der Waals surface area contributed by atoms with Crippen LogP contribution in [0.3, 0.4) is 0 Å². The molecule has 0 saturated carbocycles. The lowest BCUT2D eigenvalue weighted by molar-refractivity contribution is -0.126. The third-order valence-corrected chi connectivity index (χ3v) is 6.05. The van der Waals surface area contributed by atoms with Gasteiger partial charge in [-0.2, -0.15) is 0 Å². The van der Waals surface area contributed by atoms with Crippen molar-refractivity contribution in [1.82, 2.24) is 10.2 Å². The van der Waals surface area contributed by atoms with Crippen molar-refractivity contribution in [2.24, 2.45) is 5.92 Å². The Morgan fingerprint density at radius 3 is 2.67 bits per heavy atom. The zero-order valence-electron chi connectivity index (χ0n) is 15.9. The Bertz CT molecular complexity index is 704. The molecule has 3 rings (SSSR count). The standard InChI is InChI=1S/C20H27ClFN3O2/c1-13-4-3-5-14(2)24(13)9-8-23-20(27)15-10-19(26)25(12-15)16-6-7-18(22)17(21)11-16/h6-7,11,13-15H,3-5,8-10,12H2,1-2H3,(H,23,27)/t13-,14-,15+/m1/s1. The first-order chi connectivity index (χ1) is 12.9. The maximum atomic E-state index is 13.3. The Hall–Kier alpha value is -1.66. The number of carbonyl (C=O) groups is 2. The van der Waals surface area contributed by atoms with Crippen LogP contribution in [-0.4, -0.2) is 48.4 Å². The summed E-state index contributed by atoms with van der Waals surface area (Å²) in [7, 11) is 0. The minimum absolute atomic E-state index is 0.0297. The number of hydrogen-bond donors (Lipinski definition) is 1. The molecule has 148 valence electrons. The van der Waals surface area contributed by atoms with Crippen LogP contribution in [0.4, 0.5) is 10.1 Å². The highest BCUT2D eigenvalue weighted by atomic mass is 35.5. The molecule has 0 aromatic heterocycles. The van der Waals surface area contributed by atoms with Crippen molar-refractivity contribution in [3.8, 4) is 0 Å². The van der Waals surface area contributed by atoms with Gasteiger partial charge < -0.3 is 10.2 Å². The number of likely N-dealkylation sites (tertiary alicyclic amines) is 1. The monoisotopic (exact) mass is 395 g/mol. The van der Waals surface area contributed by atoms with Crippen LogP contribution >= 0.6 is 11.6 Å². The van der Waals surface area contributed by atoms with Gasteiger partial charge in [-0.05, 0) is 44.9 Å². The van der Waals surface area contributed by atoms with E-state index in [1.54, 1.807) is 0 Å². The zero-order valence-corrected chi connectivity index (χ0v) is 16.6. The largest absolute Gasteiger partial charge is 0.355 e. The van der Waals surface area contributed by atoms with Gasteiger partial charge in [0.25, 0.3) is 0 Å². The lowest BCUT2D eigenvalue weighted by Gasteiger charge is -2.39. The van der Waals surface area contributed by atoms with Gasteiger partial charge in [0.2, 0.25) is 11.8 Å². The van der Waals surface area contributed by atoms with E-state index in [4.69, 9.17) is 11.6 Å². The zero-order chi connectivity index (χ0) is 19.6. The number of rotatable bonds is 5. The number of hydrogen-bond acceptors (Lipinski definition) is 3. The van der Waals surface area contributed by atoms with Crippen LogP contribution < -0.4 is 10.2 Å². The maximum Gasteiger partial charge on any atom is 0.227 e. The lowest BCUT2D eigenvalue weighted by atomic mass is 9.98. The third kappa shape index (κ3) is 4.61. The van der Waals surface area contributed by atoms with E-state index >= 15 is 0 Å². The molecule has 0 radical (unpaired) electrons. The molecule has 5 nitrogen and oxygen atoms in total. The second-order valence-electron chi connectivity index (χ2n) is 7.66. The van der Waals surface area contributed by atoms with Gasteiger partial charge in [0.1, 0.15) is 5.82 Å². The smallest absolute Gasteiger partial charge is 0.227 e. The fraction of sp³-hybridized carbons (Fsp3) is 0.600. The number of anilines is 1. The molecule has 2 amide bonds. The van der Waals surface area contributed by atoms with Gasteiger partial charge in [-0.3, -0.25) is 14.5 Å². The second-order valence-corrected chi connectivity index (χ2v) is 8.07. The van der Waals surface area contributed by atoms with E-state index in [1.165, 1.54) is 42.4 Å². The number of benzene rings is 1. The number of halogens is 2. The van der Waals surface area contributed by atoms with Crippen LogP contribution in [0.1, 0.15) is 39.5 Å². The summed E-state index contributed by atoms with van der Waals surface area (Å²) < 4.78 is 13.3. The summed E-state index contributed by atoms with van der Waals surface area (Å²) in [5, 5.41) is 2.95. The molecule has 2 aliphatic heterocycles. The number of carbonyl (C=O) groups excluding carboxylic acids is 2. The molecule has 1 aromatic carbocycles. The number of amides is 2. The molecule has 3 atom stereocenters. The fourth-order valence-corrected chi connectivity index (χ4v) is 4.33. The average Bonchev–Trinajstić information content (AvgIpc) is 3.01. The lowest BCUT2D eigenvalue weighted by Crippen LogP contribution is -2.47. The van der Waals surface area contributed by atoms with Gasteiger partial charge in [0, 0.05) is 43.8 Å². The summed E-state index contributed by atoms with van der Waals surface area (Å²) in [5.74, 6) is -1.16. The average molecular weight is 396 g/mol. The summed E-state index contributed by atoms with van der Waals surface area (Å²) in [4.78, 5) is 28.7. The molecule has 2 heterocycles. The maximum absolute atomic E-state index is 13.3. The highest BCUT2D eigenvalue weighted by Gasteiger charge is 2.35. The Morgan fingerprint density at radius 2 is 2.00 bits per heavy atom. The van der Waals surface area contributed by atoms with E-state index in [-0.39, 0.29) is 23.3 Å². The van der Waals surface area contributed by atoms with Crippen LogP contribution in [0, 0.1) is 11.7 Å². The minimum atomic E-state index is -0.525. The molecule has 0 unspecified atom stereocenters. The third-order valence-electron chi connectivity index (χ3n) is 5.76. The molecule has 2 saturated heterocycles. The van der Waals surface area contributed by atoms with Crippen molar-refractivity contribution in [1.29, 1.82) is 0 Å². The van der Waals surface area contributed by atoms with Crippen LogP contribution in [0.15, 0.2) is 18.2 Å². The molecular formula is C20H27ClFN3O2. The van der Waals surface area contributed by atoms with E-state index in [0.717, 1.165) is 6.54 Å². The van der Waals surface area contributed by atoms with Crippen LogP contribution in [0.5, 0.6) is 0 Å². The second kappa shape index (κ2) is 8.57. The summed E-state index contributed by atoms with van der Waals surface area (Å²) in [5.41, 5.74) is 0.526. The molecular weight excluding hydrogens is 369 g/mol. The molecule has 2 aliphatic rings. The summed E-state index contributed by atoms with van der Waals surface area (Å²) in [6, 6.07) is 5.25. The van der Waals surface area contributed by atoms with Crippen molar-refractivity contribution in [2.75, 3.05) is 24.5 Å². The van der Waals surface area contributed by atoms with E-state index < -0.39 is 11.7 Å². The molecule has 1 N–H and O–H groups in total. The van der Waals surface area contributed by atoms with Crippen molar-refractivity contribution in [3.05, 3.63) is 29.0 Å². The van der Waals surface area contributed by atoms with Crippen LogP contribution in [0.25, 0.3) is 0 Å². The van der Waals surface area contributed by atoms with E-state index in [2.05, 4.69) is 24.1 Å². The van der Waals surface area contributed by atoms with Gasteiger partial charge >= 0.3 is 0 Å². The van der Waals surface area contributed by atoms with Crippen molar-refractivity contribution < 1.29 is 14.0 Å². The molecule has 0 spiro atoms. The Balaban J connectivity index is 1.52. The van der Waals surface area contributed by atoms with Gasteiger partial charge in [0.15, 0.2) is 0 Å². The molecule has 7 heteroatoms. The number of nitrogens with zero attached hydrogens (tertiary/aromatic N) is 2. The Labute approximate surface area is 164 Å². The SMILES string of the molecule is C[C@@H]1CCC[C@@H](C)N1CCNC(=O)[C@H]1CC(=O)N(c2ccc(F)c(Cl)c2)C1. The van der Waals surface area contributed by atoms with E-state index in [1.807, 2.05) is 0 Å². The summed E-state index contributed by atoms with van der Waals surface area (Å²) in [6.07, 6.45) is 3.82. The van der Waals surface area contributed by atoms with E-state index in [0.29, 0.717) is 30.9 Å². The van der Waals surface area contributed by atoms with Gasteiger partial charge in [-0.1, -0.05) is 18.0 Å². The predicted octanol–water partition coefficient (Wildman–Crippen LogP) is 3.21. The van der Waals surface area contributed by atoms with Crippen LogP contribution in [0.2, 0.25) is 5.02 Å². The first-order valence-corrected chi connectivity index (χ1v) is 10.0. The normalized spacial score (nSPS) is 26.4.